The smallest absolute Gasteiger partial charge is 0.305 e. The number of benzene rings is 1. The molecule has 0 aliphatic carbocycles. The first kappa shape index (κ1) is 16.0. The van der Waals surface area contributed by atoms with E-state index in [1.807, 2.05) is 12.1 Å². The summed E-state index contributed by atoms with van der Waals surface area (Å²) >= 11 is 6.11. The van der Waals surface area contributed by atoms with Crippen LogP contribution in [-0.4, -0.2) is 32.8 Å². The van der Waals surface area contributed by atoms with Crippen molar-refractivity contribution in [1.82, 2.24) is 15.1 Å². The van der Waals surface area contributed by atoms with Crippen molar-refractivity contribution in [1.29, 1.82) is 0 Å². The zero-order chi connectivity index (χ0) is 16.3. The Balaban J connectivity index is 2.21. The largest absolute Gasteiger partial charge is 0.481 e. The number of hydrogen-bond acceptors (Lipinski definition) is 3. The van der Waals surface area contributed by atoms with Crippen molar-refractivity contribution in [2.24, 2.45) is 0 Å². The number of nitrogens with zero attached hydrogens (tertiary/aromatic N) is 2. The molecular weight excluding hydrogens is 306 g/mol. The summed E-state index contributed by atoms with van der Waals surface area (Å²) in [6, 6.07) is 6.69. The number of carbonyl (C=O) groups is 2. The van der Waals surface area contributed by atoms with Gasteiger partial charge in [0.15, 0.2) is 5.69 Å². The highest BCUT2D eigenvalue weighted by molar-refractivity contribution is 6.32. The molecule has 0 radical (unpaired) electrons. The third kappa shape index (κ3) is 3.65. The van der Waals surface area contributed by atoms with E-state index < -0.39 is 17.9 Å². The van der Waals surface area contributed by atoms with Gasteiger partial charge in [-0.2, -0.15) is 5.10 Å². The molecule has 2 N–H and O–H groups in total. The first-order valence-corrected chi connectivity index (χ1v) is 7.10. The van der Waals surface area contributed by atoms with Crippen LogP contribution in [0.3, 0.4) is 0 Å². The van der Waals surface area contributed by atoms with Gasteiger partial charge >= 0.3 is 5.97 Å². The summed E-state index contributed by atoms with van der Waals surface area (Å²) in [5.41, 5.74) is 1.60. The molecule has 0 spiro atoms. The number of nitrogens with one attached hydrogen (secondary N) is 1. The number of carboxylic acids is 1. The van der Waals surface area contributed by atoms with E-state index in [1.54, 1.807) is 32.2 Å². The van der Waals surface area contributed by atoms with Crippen molar-refractivity contribution in [3.8, 4) is 5.69 Å². The van der Waals surface area contributed by atoms with Gasteiger partial charge in [-0.3, -0.25) is 9.59 Å². The number of aryl methyl sites for hydroxylation is 1. The molecule has 0 bridgehead atoms. The Kier molecular flexibility index (Phi) is 4.82. The van der Waals surface area contributed by atoms with E-state index in [2.05, 4.69) is 10.4 Å². The summed E-state index contributed by atoms with van der Waals surface area (Å²) in [7, 11) is 0. The van der Waals surface area contributed by atoms with Gasteiger partial charge in [0.1, 0.15) is 0 Å². The van der Waals surface area contributed by atoms with Gasteiger partial charge in [-0.15, -0.1) is 0 Å². The average Bonchev–Trinajstić information content (AvgIpc) is 2.80. The number of rotatable bonds is 5. The molecule has 0 aliphatic rings. The molecule has 116 valence electrons. The average molecular weight is 322 g/mol. The van der Waals surface area contributed by atoms with Gasteiger partial charge in [-0.25, -0.2) is 4.68 Å². The molecule has 1 atom stereocenters. The van der Waals surface area contributed by atoms with Crippen LogP contribution in [0.1, 0.15) is 29.4 Å². The predicted molar refractivity (Wildman–Crippen MR) is 82.5 cm³/mol. The highest BCUT2D eigenvalue weighted by Crippen LogP contribution is 2.20. The molecule has 1 aromatic carbocycles. The van der Waals surface area contributed by atoms with Crippen LogP contribution in [0.15, 0.2) is 30.5 Å². The van der Waals surface area contributed by atoms with Gasteiger partial charge in [-0.1, -0.05) is 23.7 Å². The highest BCUT2D eigenvalue weighted by Gasteiger charge is 2.18. The van der Waals surface area contributed by atoms with Crippen LogP contribution in [0.25, 0.3) is 5.69 Å². The quantitative estimate of drug-likeness (QED) is 0.885. The van der Waals surface area contributed by atoms with Crippen LogP contribution in [0.5, 0.6) is 0 Å². The molecule has 1 aromatic heterocycles. The van der Waals surface area contributed by atoms with E-state index >= 15 is 0 Å². The normalized spacial score (nSPS) is 12.0. The molecule has 1 amide bonds. The molecule has 2 aromatic rings. The summed E-state index contributed by atoms with van der Waals surface area (Å²) in [5.74, 6) is -1.37. The molecule has 0 fully saturated rings. The topological polar surface area (TPSA) is 84.2 Å². The maximum Gasteiger partial charge on any atom is 0.305 e. The summed E-state index contributed by atoms with van der Waals surface area (Å²) < 4.78 is 1.54. The number of carbonyl (C=O) groups excluding carboxylic acids is 1. The van der Waals surface area contributed by atoms with Gasteiger partial charge < -0.3 is 10.4 Å². The molecule has 0 aliphatic heterocycles. The lowest BCUT2D eigenvalue weighted by Crippen LogP contribution is -2.34. The zero-order valence-electron chi connectivity index (χ0n) is 12.2. The van der Waals surface area contributed by atoms with Crippen LogP contribution in [0.4, 0.5) is 0 Å². The first-order valence-electron chi connectivity index (χ1n) is 6.72. The van der Waals surface area contributed by atoms with Crippen molar-refractivity contribution in [2.75, 3.05) is 0 Å². The fraction of sp³-hybridized carbons (Fsp3) is 0.267. The second-order valence-corrected chi connectivity index (χ2v) is 5.44. The van der Waals surface area contributed by atoms with E-state index in [4.69, 9.17) is 16.7 Å². The number of carboxylic acid groups (broad SMARTS) is 1. The van der Waals surface area contributed by atoms with Gasteiger partial charge in [0.25, 0.3) is 5.91 Å². The lowest BCUT2D eigenvalue weighted by Gasteiger charge is -2.10. The van der Waals surface area contributed by atoms with Crippen LogP contribution in [-0.2, 0) is 4.79 Å². The third-order valence-corrected chi connectivity index (χ3v) is 3.39. The molecule has 22 heavy (non-hydrogen) atoms. The van der Waals surface area contributed by atoms with E-state index in [0.29, 0.717) is 16.3 Å². The van der Waals surface area contributed by atoms with Crippen molar-refractivity contribution in [2.45, 2.75) is 26.3 Å². The van der Waals surface area contributed by atoms with Crippen LogP contribution >= 0.6 is 11.6 Å². The number of halogens is 1. The molecule has 2 rings (SSSR count). The number of para-hydroxylation sites is 1. The fourth-order valence-electron chi connectivity index (χ4n) is 2.05. The fourth-order valence-corrected chi connectivity index (χ4v) is 2.27. The van der Waals surface area contributed by atoms with Gasteiger partial charge in [0.05, 0.1) is 17.1 Å². The van der Waals surface area contributed by atoms with E-state index in [1.165, 1.54) is 4.68 Å². The van der Waals surface area contributed by atoms with Crippen molar-refractivity contribution in [3.05, 3.63) is 46.7 Å². The summed E-state index contributed by atoms with van der Waals surface area (Å²) in [6.07, 6.45) is 1.56. The standard InChI is InChI=1S/C15H16ClN3O3/c1-9-8-19(12-6-4-3-5-11(12)16)18-14(9)15(22)17-10(2)7-13(20)21/h3-6,8,10H,7H2,1-2H3,(H,17,22)(H,20,21). The summed E-state index contributed by atoms with van der Waals surface area (Å²) in [4.78, 5) is 22.8. The van der Waals surface area contributed by atoms with Crippen molar-refractivity contribution in [3.63, 3.8) is 0 Å². The minimum Gasteiger partial charge on any atom is -0.481 e. The van der Waals surface area contributed by atoms with Crippen LogP contribution < -0.4 is 5.32 Å². The highest BCUT2D eigenvalue weighted by atomic mass is 35.5. The lowest BCUT2D eigenvalue weighted by molar-refractivity contribution is -0.137. The lowest BCUT2D eigenvalue weighted by atomic mass is 10.2. The SMILES string of the molecule is Cc1cn(-c2ccccc2Cl)nc1C(=O)NC(C)CC(=O)O. The Hall–Kier alpha value is -2.34. The molecule has 6 nitrogen and oxygen atoms in total. The van der Waals surface area contributed by atoms with E-state index in [-0.39, 0.29) is 12.1 Å². The monoisotopic (exact) mass is 321 g/mol. The first-order chi connectivity index (χ1) is 10.4. The van der Waals surface area contributed by atoms with Crippen LogP contribution in [0, 0.1) is 6.92 Å². The Labute approximate surface area is 132 Å². The van der Waals surface area contributed by atoms with E-state index in [9.17, 15) is 9.59 Å². The Morgan fingerprint density at radius 2 is 2.09 bits per heavy atom. The maximum atomic E-state index is 12.2. The predicted octanol–water partition coefficient (Wildman–Crippen LogP) is 2.43. The molecule has 7 heteroatoms. The zero-order valence-corrected chi connectivity index (χ0v) is 13.0. The minimum atomic E-state index is -0.967. The Bertz CT molecular complexity index is 712. The number of amides is 1. The minimum absolute atomic E-state index is 0.143. The molecule has 0 saturated carbocycles. The van der Waals surface area contributed by atoms with Gasteiger partial charge in [-0.05, 0) is 26.0 Å². The maximum absolute atomic E-state index is 12.2. The van der Waals surface area contributed by atoms with Crippen LogP contribution in [0.2, 0.25) is 5.02 Å². The van der Waals surface area contributed by atoms with Gasteiger partial charge in [0, 0.05) is 17.8 Å². The second-order valence-electron chi connectivity index (χ2n) is 5.03. The molecule has 0 saturated heterocycles. The summed E-state index contributed by atoms with van der Waals surface area (Å²) in [5, 5.41) is 16.1. The number of hydrogen-bond donors (Lipinski definition) is 2. The molecular formula is C15H16ClN3O3. The summed E-state index contributed by atoms with van der Waals surface area (Å²) in [6.45, 7) is 3.39. The van der Waals surface area contributed by atoms with Gasteiger partial charge in [0.2, 0.25) is 0 Å². The van der Waals surface area contributed by atoms with Crippen molar-refractivity contribution >= 4 is 23.5 Å². The second kappa shape index (κ2) is 6.62. The Morgan fingerprint density at radius 3 is 2.73 bits per heavy atom. The third-order valence-electron chi connectivity index (χ3n) is 3.07. The van der Waals surface area contributed by atoms with Crippen molar-refractivity contribution < 1.29 is 14.7 Å². The number of aromatic nitrogens is 2. The molecule has 1 unspecified atom stereocenters. The Morgan fingerprint density at radius 1 is 1.41 bits per heavy atom. The molecule has 1 heterocycles. The van der Waals surface area contributed by atoms with E-state index in [0.717, 1.165) is 0 Å². The number of aliphatic carboxylic acids is 1.